The number of nitrogens with one attached hydrogen (secondary N) is 2. The number of hydrogen-bond donors (Lipinski definition) is 4. The molecule has 11 nitrogen and oxygen atoms in total. The van der Waals surface area contributed by atoms with Gasteiger partial charge in [-0.15, -0.1) is 0 Å². The minimum atomic E-state index is -1.20. The van der Waals surface area contributed by atoms with Crippen molar-refractivity contribution in [3.8, 4) is 11.5 Å². The molecule has 0 bridgehead atoms. The SMILES string of the molecule is CC(=O)c1ccc(C(=O)O)cc1C(=O)CNc1ccc(Oc2ccc(NCC(=O)c3cc(C(=O)O)ccc3C(C)=O)cc2)cc1. The van der Waals surface area contributed by atoms with Crippen molar-refractivity contribution in [2.45, 2.75) is 13.8 Å². The molecule has 228 valence electrons. The van der Waals surface area contributed by atoms with E-state index in [-0.39, 0.29) is 58.0 Å². The second-order valence-electron chi connectivity index (χ2n) is 9.95. The maximum Gasteiger partial charge on any atom is 0.335 e. The van der Waals surface area contributed by atoms with Gasteiger partial charge in [-0.05, 0) is 98.8 Å². The summed E-state index contributed by atoms with van der Waals surface area (Å²) in [4.78, 5) is 72.1. The minimum absolute atomic E-state index is 0.0327. The van der Waals surface area contributed by atoms with Crippen LogP contribution in [-0.2, 0) is 0 Å². The molecule has 0 radical (unpaired) electrons. The fourth-order valence-electron chi connectivity index (χ4n) is 4.40. The highest BCUT2D eigenvalue weighted by atomic mass is 16.5. The number of ketones is 4. The number of anilines is 2. The average Bonchev–Trinajstić information content (AvgIpc) is 3.03. The molecule has 0 heterocycles. The van der Waals surface area contributed by atoms with Crippen LogP contribution in [0.2, 0.25) is 0 Å². The van der Waals surface area contributed by atoms with Crippen LogP contribution in [0.3, 0.4) is 0 Å². The molecule has 0 aromatic heterocycles. The molecule has 0 atom stereocenters. The number of rotatable bonds is 14. The van der Waals surface area contributed by atoms with Crippen molar-refractivity contribution in [2.75, 3.05) is 23.7 Å². The molecule has 4 N–H and O–H groups in total. The van der Waals surface area contributed by atoms with E-state index >= 15 is 0 Å². The summed E-state index contributed by atoms with van der Waals surface area (Å²) in [5.41, 5.74) is 1.38. The molecular weight excluding hydrogens is 580 g/mol. The van der Waals surface area contributed by atoms with Crippen LogP contribution in [0.15, 0.2) is 84.9 Å². The highest BCUT2D eigenvalue weighted by molar-refractivity contribution is 6.11. The number of carboxylic acid groups (broad SMARTS) is 2. The van der Waals surface area contributed by atoms with Crippen LogP contribution in [-0.4, -0.2) is 58.4 Å². The molecule has 0 unspecified atom stereocenters. The number of aromatic carboxylic acids is 2. The molecule has 11 heteroatoms. The fourth-order valence-corrected chi connectivity index (χ4v) is 4.40. The second-order valence-corrected chi connectivity index (χ2v) is 9.95. The van der Waals surface area contributed by atoms with Crippen LogP contribution in [0.1, 0.15) is 76.0 Å². The number of hydrogen-bond acceptors (Lipinski definition) is 9. The van der Waals surface area contributed by atoms with Crippen LogP contribution < -0.4 is 15.4 Å². The van der Waals surface area contributed by atoms with E-state index in [2.05, 4.69) is 10.6 Å². The number of Topliss-reactive ketones (excluding diaryl/α,β-unsaturated/α-hetero) is 4. The van der Waals surface area contributed by atoms with Crippen molar-refractivity contribution in [3.05, 3.63) is 118 Å². The molecule has 0 aliphatic heterocycles. The monoisotopic (exact) mass is 608 g/mol. The number of ether oxygens (including phenoxy) is 1. The van der Waals surface area contributed by atoms with E-state index in [0.29, 0.717) is 22.9 Å². The number of carboxylic acids is 2. The molecule has 0 amide bonds. The number of carbonyl (C=O) groups excluding carboxylic acids is 4. The van der Waals surface area contributed by atoms with E-state index in [0.717, 1.165) is 0 Å². The van der Waals surface area contributed by atoms with Gasteiger partial charge in [-0.25, -0.2) is 9.59 Å². The Morgan fingerprint density at radius 2 is 0.889 bits per heavy atom. The van der Waals surface area contributed by atoms with Crippen molar-refractivity contribution >= 4 is 46.4 Å². The van der Waals surface area contributed by atoms with Crippen LogP contribution >= 0.6 is 0 Å². The Labute approximate surface area is 257 Å². The molecule has 0 fully saturated rings. The zero-order valence-corrected chi connectivity index (χ0v) is 24.2. The Morgan fingerprint density at radius 3 is 1.20 bits per heavy atom. The van der Waals surface area contributed by atoms with E-state index in [1.54, 1.807) is 48.5 Å². The maximum atomic E-state index is 12.8. The molecule has 0 saturated carbocycles. The van der Waals surface area contributed by atoms with Gasteiger partial charge in [-0.1, -0.05) is 0 Å². The molecule has 0 aliphatic rings. The van der Waals surface area contributed by atoms with Crippen molar-refractivity contribution in [2.24, 2.45) is 0 Å². The quantitative estimate of drug-likeness (QED) is 0.126. The summed E-state index contributed by atoms with van der Waals surface area (Å²) < 4.78 is 5.86. The third-order valence-electron chi connectivity index (χ3n) is 6.74. The predicted octanol–water partition coefficient (Wildman–Crippen LogP) is 5.87. The van der Waals surface area contributed by atoms with E-state index in [1.807, 2.05) is 0 Å². The topological polar surface area (TPSA) is 176 Å². The van der Waals surface area contributed by atoms with Gasteiger partial charge >= 0.3 is 11.9 Å². The lowest BCUT2D eigenvalue weighted by Gasteiger charge is -2.11. The van der Waals surface area contributed by atoms with Crippen LogP contribution in [0.4, 0.5) is 11.4 Å². The average molecular weight is 609 g/mol. The highest BCUT2D eigenvalue weighted by Gasteiger charge is 2.19. The van der Waals surface area contributed by atoms with E-state index in [4.69, 9.17) is 4.74 Å². The van der Waals surface area contributed by atoms with Gasteiger partial charge in [-0.3, -0.25) is 19.2 Å². The van der Waals surface area contributed by atoms with Gasteiger partial charge in [0.1, 0.15) is 11.5 Å². The molecule has 0 aliphatic carbocycles. The summed E-state index contributed by atoms with van der Waals surface area (Å²) in [6.07, 6.45) is 0. The Morgan fingerprint density at radius 1 is 0.533 bits per heavy atom. The van der Waals surface area contributed by atoms with Crippen LogP contribution in [0.5, 0.6) is 11.5 Å². The summed E-state index contributed by atoms with van der Waals surface area (Å²) in [5, 5.41) is 24.4. The van der Waals surface area contributed by atoms with E-state index in [9.17, 15) is 39.0 Å². The zero-order valence-electron chi connectivity index (χ0n) is 24.2. The summed E-state index contributed by atoms with van der Waals surface area (Å²) >= 11 is 0. The molecule has 4 aromatic carbocycles. The van der Waals surface area contributed by atoms with Gasteiger partial charge in [0.25, 0.3) is 0 Å². The third-order valence-corrected chi connectivity index (χ3v) is 6.74. The first-order chi connectivity index (χ1) is 21.4. The molecule has 45 heavy (non-hydrogen) atoms. The molecule has 0 spiro atoms. The summed E-state index contributed by atoms with van der Waals surface area (Å²) in [7, 11) is 0. The van der Waals surface area contributed by atoms with Crippen molar-refractivity contribution < 1.29 is 43.7 Å². The molecule has 0 saturated heterocycles. The van der Waals surface area contributed by atoms with Gasteiger partial charge in [0.05, 0.1) is 24.2 Å². The molecule has 4 aromatic rings. The molecule has 4 rings (SSSR count). The van der Waals surface area contributed by atoms with Gasteiger partial charge in [0.2, 0.25) is 0 Å². The first-order valence-corrected chi connectivity index (χ1v) is 13.6. The lowest BCUT2D eigenvalue weighted by molar-refractivity contribution is 0.0685. The first kappa shape index (κ1) is 31.8. The van der Waals surface area contributed by atoms with Gasteiger partial charge in [0, 0.05) is 33.6 Å². The normalized spacial score (nSPS) is 10.4. The largest absolute Gasteiger partial charge is 0.478 e. The summed E-state index contributed by atoms with van der Waals surface area (Å²) in [6.45, 7) is 2.28. The molecular formula is C34H28N2O9. The number of benzene rings is 4. The Hall–Kier alpha value is -6.10. The van der Waals surface area contributed by atoms with Crippen molar-refractivity contribution in [3.63, 3.8) is 0 Å². The van der Waals surface area contributed by atoms with Crippen molar-refractivity contribution in [1.29, 1.82) is 0 Å². The second kappa shape index (κ2) is 13.9. The van der Waals surface area contributed by atoms with Crippen LogP contribution in [0, 0.1) is 0 Å². The van der Waals surface area contributed by atoms with Crippen molar-refractivity contribution in [1.82, 2.24) is 0 Å². The zero-order chi connectivity index (χ0) is 32.7. The van der Waals surface area contributed by atoms with Gasteiger partial charge in [0.15, 0.2) is 23.1 Å². The summed E-state index contributed by atoms with van der Waals surface area (Å²) in [6, 6.07) is 21.1. The Kier molecular flexibility index (Phi) is 9.84. The third kappa shape index (κ3) is 8.05. The van der Waals surface area contributed by atoms with E-state index < -0.39 is 23.5 Å². The number of carbonyl (C=O) groups is 6. The Balaban J connectivity index is 1.33. The van der Waals surface area contributed by atoms with Crippen LogP contribution in [0.25, 0.3) is 0 Å². The predicted molar refractivity (Wildman–Crippen MR) is 165 cm³/mol. The standard InChI is InChI=1S/C34H28N2O9/c1-19(37)27-13-3-21(33(41)42)15-29(27)31(39)17-35-23-5-9-25(10-6-23)45-26-11-7-24(8-12-26)36-18-32(40)30-16-22(34(43)44)4-14-28(30)20(2)38/h3-16,35-36H,17-18H2,1-2H3,(H,41,42)(H,43,44). The Bertz CT molecular complexity index is 1680. The minimum Gasteiger partial charge on any atom is -0.478 e. The lowest BCUT2D eigenvalue weighted by atomic mass is 9.98. The van der Waals surface area contributed by atoms with Gasteiger partial charge < -0.3 is 25.6 Å². The highest BCUT2D eigenvalue weighted by Crippen LogP contribution is 2.25. The van der Waals surface area contributed by atoms with E-state index in [1.165, 1.54) is 50.2 Å². The maximum absolute atomic E-state index is 12.8. The lowest BCUT2D eigenvalue weighted by Crippen LogP contribution is -2.18. The fraction of sp³-hybridized carbons (Fsp3) is 0.118. The summed E-state index contributed by atoms with van der Waals surface area (Å²) in [5.74, 6) is -2.96. The van der Waals surface area contributed by atoms with Gasteiger partial charge in [-0.2, -0.15) is 0 Å². The smallest absolute Gasteiger partial charge is 0.335 e. The first-order valence-electron chi connectivity index (χ1n) is 13.6.